The summed E-state index contributed by atoms with van der Waals surface area (Å²) < 4.78 is 0. The Bertz CT molecular complexity index is 313. The highest BCUT2D eigenvalue weighted by atomic mass is 16.1. The molecule has 0 atom stereocenters. The van der Waals surface area contributed by atoms with Gasteiger partial charge in [0.15, 0.2) is 5.78 Å². The van der Waals surface area contributed by atoms with Crippen molar-refractivity contribution in [3.8, 4) is 0 Å². The van der Waals surface area contributed by atoms with Crippen LogP contribution >= 0.6 is 0 Å². The van der Waals surface area contributed by atoms with E-state index in [-0.39, 0.29) is 5.41 Å². The van der Waals surface area contributed by atoms with Crippen molar-refractivity contribution in [2.75, 3.05) is 6.54 Å². The Labute approximate surface area is 111 Å². The predicted molar refractivity (Wildman–Crippen MR) is 72.1 cm³/mol. The maximum absolute atomic E-state index is 12.1. The van der Waals surface area contributed by atoms with Crippen LogP contribution in [-0.4, -0.2) is 18.4 Å². The summed E-state index contributed by atoms with van der Waals surface area (Å²) in [6.07, 6.45) is 7.34. The van der Waals surface area contributed by atoms with Crippen molar-refractivity contribution in [2.45, 2.75) is 58.9 Å². The molecule has 2 N–H and O–H groups in total. The third-order valence-electron chi connectivity index (χ3n) is 5.71. The monoisotopic (exact) mass is 250 g/mol. The highest BCUT2D eigenvalue weighted by molar-refractivity contribution is 5.84. The topological polar surface area (TPSA) is 33.7 Å². The van der Waals surface area contributed by atoms with Gasteiger partial charge in [-0.3, -0.25) is 4.79 Å². The van der Waals surface area contributed by atoms with Gasteiger partial charge < -0.3 is 5.32 Å². The van der Waals surface area contributed by atoms with Crippen molar-refractivity contribution in [1.29, 1.82) is 0 Å². The van der Waals surface area contributed by atoms with Gasteiger partial charge >= 0.3 is 0 Å². The van der Waals surface area contributed by atoms with E-state index in [4.69, 9.17) is 0 Å². The van der Waals surface area contributed by atoms with Gasteiger partial charge in [0.1, 0.15) is 6.54 Å². The zero-order valence-corrected chi connectivity index (χ0v) is 12.1. The van der Waals surface area contributed by atoms with E-state index in [0.717, 1.165) is 29.7 Å². The van der Waals surface area contributed by atoms with Crippen LogP contribution in [0, 0.1) is 29.1 Å². The molecule has 0 aromatic rings. The lowest BCUT2D eigenvalue weighted by Crippen LogP contribution is -2.95. The van der Waals surface area contributed by atoms with Crippen molar-refractivity contribution >= 4 is 5.78 Å². The summed E-state index contributed by atoms with van der Waals surface area (Å²) in [6.45, 7) is 6.83. The Hall–Kier alpha value is -0.370. The highest BCUT2D eigenvalue weighted by Crippen LogP contribution is 2.52. The summed E-state index contributed by atoms with van der Waals surface area (Å²) in [4.78, 5) is 12.1. The number of carbonyl (C=O) groups excluding carboxylic acids is 1. The lowest BCUT2D eigenvalue weighted by Gasteiger charge is -2.52. The molecule has 0 radical (unpaired) electrons. The van der Waals surface area contributed by atoms with Crippen LogP contribution in [0.15, 0.2) is 0 Å². The molecule has 0 amide bonds. The third-order valence-corrected chi connectivity index (χ3v) is 5.71. The average molecular weight is 250 g/mol. The molecule has 4 aliphatic carbocycles. The minimum absolute atomic E-state index is 0.164. The Morgan fingerprint density at radius 3 is 1.94 bits per heavy atom. The summed E-state index contributed by atoms with van der Waals surface area (Å²) in [7, 11) is 0. The second-order valence-electron chi connectivity index (χ2n) is 8.12. The standard InChI is InChI=1S/C16H27NO/c1-16(2,3)14(18)9-17-15-12-5-10-4-11(7-12)8-13(15)6-10/h10-13,15,17H,4-9H2,1-3H3/p+1. The number of rotatable bonds is 3. The molecule has 4 bridgehead atoms. The first-order valence-electron chi connectivity index (χ1n) is 7.80. The van der Waals surface area contributed by atoms with Gasteiger partial charge in [-0.15, -0.1) is 0 Å². The fraction of sp³-hybridized carbons (Fsp3) is 0.938. The van der Waals surface area contributed by atoms with Crippen LogP contribution in [0.5, 0.6) is 0 Å². The normalized spacial score (nSPS) is 42.3. The van der Waals surface area contributed by atoms with Gasteiger partial charge in [0.25, 0.3) is 0 Å². The maximum Gasteiger partial charge on any atom is 0.191 e. The van der Waals surface area contributed by atoms with Crippen molar-refractivity contribution in [3.05, 3.63) is 0 Å². The van der Waals surface area contributed by atoms with Gasteiger partial charge in [-0.25, -0.2) is 0 Å². The summed E-state index contributed by atoms with van der Waals surface area (Å²) in [5.41, 5.74) is -0.164. The Morgan fingerprint density at radius 2 is 1.50 bits per heavy atom. The second kappa shape index (κ2) is 4.33. The number of ketones is 1. The number of hydrogen-bond donors (Lipinski definition) is 1. The molecule has 4 rings (SSSR count). The summed E-state index contributed by atoms with van der Waals surface area (Å²) in [5.74, 6) is 4.34. The molecule has 102 valence electrons. The molecule has 0 aromatic heterocycles. The molecule has 18 heavy (non-hydrogen) atoms. The average Bonchev–Trinajstić information content (AvgIpc) is 2.25. The van der Waals surface area contributed by atoms with Crippen molar-refractivity contribution in [1.82, 2.24) is 0 Å². The van der Waals surface area contributed by atoms with Crippen molar-refractivity contribution in [3.63, 3.8) is 0 Å². The molecule has 0 aromatic carbocycles. The number of quaternary nitrogens is 1. The van der Waals surface area contributed by atoms with Gasteiger partial charge in [-0.05, 0) is 43.9 Å². The van der Waals surface area contributed by atoms with E-state index in [0.29, 0.717) is 12.3 Å². The lowest BCUT2D eigenvalue weighted by atomic mass is 9.54. The zero-order valence-electron chi connectivity index (χ0n) is 12.1. The number of hydrogen-bond acceptors (Lipinski definition) is 1. The number of nitrogens with two attached hydrogens (primary N) is 1. The van der Waals surface area contributed by atoms with Crippen molar-refractivity contribution < 1.29 is 10.1 Å². The van der Waals surface area contributed by atoms with E-state index < -0.39 is 0 Å². The SMILES string of the molecule is CC(C)(C)C(=O)C[NH2+]C1C2CC3CC(C2)CC1C3. The first-order chi connectivity index (χ1) is 8.43. The van der Waals surface area contributed by atoms with E-state index in [1.54, 1.807) is 0 Å². The molecule has 4 aliphatic rings. The van der Waals surface area contributed by atoms with Crippen LogP contribution in [0.1, 0.15) is 52.9 Å². The molecule has 0 heterocycles. The Kier molecular flexibility index (Phi) is 3.04. The Morgan fingerprint density at radius 1 is 1.00 bits per heavy atom. The Balaban J connectivity index is 1.59. The van der Waals surface area contributed by atoms with Crippen LogP contribution in [-0.2, 0) is 4.79 Å². The minimum Gasteiger partial charge on any atom is -0.337 e. The zero-order chi connectivity index (χ0) is 12.9. The highest BCUT2D eigenvalue weighted by Gasteiger charge is 2.50. The van der Waals surface area contributed by atoms with Crippen LogP contribution in [0.2, 0.25) is 0 Å². The molecule has 0 unspecified atom stereocenters. The molecule has 4 fully saturated rings. The van der Waals surface area contributed by atoms with Crippen LogP contribution in [0.4, 0.5) is 0 Å². The largest absolute Gasteiger partial charge is 0.337 e. The van der Waals surface area contributed by atoms with Crippen LogP contribution < -0.4 is 5.32 Å². The maximum atomic E-state index is 12.1. The fourth-order valence-electron chi connectivity index (χ4n) is 4.90. The first-order valence-corrected chi connectivity index (χ1v) is 7.80. The molecule has 2 nitrogen and oxygen atoms in total. The van der Waals surface area contributed by atoms with E-state index >= 15 is 0 Å². The molecular weight excluding hydrogens is 222 g/mol. The molecular formula is C16H28NO+. The van der Waals surface area contributed by atoms with E-state index in [1.165, 1.54) is 32.1 Å². The van der Waals surface area contributed by atoms with E-state index in [9.17, 15) is 4.79 Å². The summed E-state index contributed by atoms with van der Waals surface area (Å²) in [6, 6.07) is 0.768. The van der Waals surface area contributed by atoms with Crippen LogP contribution in [0.25, 0.3) is 0 Å². The van der Waals surface area contributed by atoms with E-state index in [1.807, 2.05) is 20.8 Å². The number of Topliss-reactive ketones (excluding diaryl/α,β-unsaturated/α-hetero) is 1. The van der Waals surface area contributed by atoms with Gasteiger partial charge in [-0.2, -0.15) is 0 Å². The quantitative estimate of drug-likeness (QED) is 0.816. The molecule has 4 saturated carbocycles. The molecule has 0 spiro atoms. The smallest absolute Gasteiger partial charge is 0.191 e. The lowest BCUT2D eigenvalue weighted by molar-refractivity contribution is -0.699. The van der Waals surface area contributed by atoms with Gasteiger partial charge in [0.05, 0.1) is 6.04 Å². The van der Waals surface area contributed by atoms with Gasteiger partial charge in [0.2, 0.25) is 0 Å². The second-order valence-corrected chi connectivity index (χ2v) is 8.12. The predicted octanol–water partition coefficient (Wildman–Crippen LogP) is 1.99. The fourth-order valence-corrected chi connectivity index (χ4v) is 4.90. The third kappa shape index (κ3) is 2.24. The first kappa shape index (κ1) is 12.7. The summed E-state index contributed by atoms with van der Waals surface area (Å²) >= 11 is 0. The van der Waals surface area contributed by atoms with Crippen LogP contribution in [0.3, 0.4) is 0 Å². The van der Waals surface area contributed by atoms with Crippen molar-refractivity contribution in [2.24, 2.45) is 29.1 Å². The molecule has 2 heteroatoms. The van der Waals surface area contributed by atoms with Gasteiger partial charge in [0, 0.05) is 17.3 Å². The summed E-state index contributed by atoms with van der Waals surface area (Å²) in [5, 5.41) is 2.40. The minimum atomic E-state index is -0.164. The molecule has 0 saturated heterocycles. The van der Waals surface area contributed by atoms with Gasteiger partial charge in [-0.1, -0.05) is 20.8 Å². The molecule has 0 aliphatic heterocycles. The number of carbonyl (C=O) groups is 1. The van der Waals surface area contributed by atoms with E-state index in [2.05, 4.69) is 5.32 Å².